The van der Waals surface area contributed by atoms with Gasteiger partial charge in [-0.05, 0) is 26.8 Å². The molecule has 0 bridgehead atoms. The maximum absolute atomic E-state index is 4.24. The Labute approximate surface area is 88.8 Å². The zero-order valence-corrected chi connectivity index (χ0v) is 9.15. The van der Waals surface area contributed by atoms with Crippen LogP contribution < -0.4 is 5.32 Å². The fraction of sp³-hybridized carbons (Fsp3) is 0.364. The van der Waals surface area contributed by atoms with Crippen LogP contribution >= 0.6 is 0 Å². The van der Waals surface area contributed by atoms with Gasteiger partial charge in [0.25, 0.3) is 0 Å². The van der Waals surface area contributed by atoms with Crippen LogP contribution in [0.1, 0.15) is 20.8 Å². The van der Waals surface area contributed by atoms with Crippen molar-refractivity contribution in [1.29, 1.82) is 0 Å². The summed E-state index contributed by atoms with van der Waals surface area (Å²) in [5.41, 5.74) is 0.851. The van der Waals surface area contributed by atoms with Crippen molar-refractivity contribution in [3.63, 3.8) is 0 Å². The number of aromatic nitrogens is 3. The van der Waals surface area contributed by atoms with E-state index in [2.05, 4.69) is 41.0 Å². The van der Waals surface area contributed by atoms with Crippen LogP contribution in [0.2, 0.25) is 0 Å². The predicted molar refractivity (Wildman–Crippen MR) is 60.7 cm³/mol. The highest BCUT2D eigenvalue weighted by molar-refractivity contribution is 5.88. The average Bonchev–Trinajstić information content (AvgIpc) is 2.16. The van der Waals surface area contributed by atoms with E-state index in [4.69, 9.17) is 0 Å². The second-order valence-electron chi connectivity index (χ2n) is 4.49. The van der Waals surface area contributed by atoms with Crippen LogP contribution in [0.3, 0.4) is 0 Å². The zero-order chi connectivity index (χ0) is 10.9. The topological polar surface area (TPSA) is 50.7 Å². The smallest absolute Gasteiger partial charge is 0.137 e. The van der Waals surface area contributed by atoms with Crippen molar-refractivity contribution in [1.82, 2.24) is 15.0 Å². The summed E-state index contributed by atoms with van der Waals surface area (Å²) >= 11 is 0. The minimum atomic E-state index is -0.00937. The van der Waals surface area contributed by atoms with E-state index in [1.165, 1.54) is 0 Å². The number of hydrogen-bond acceptors (Lipinski definition) is 4. The lowest BCUT2D eigenvalue weighted by Gasteiger charge is -2.21. The second kappa shape index (κ2) is 3.46. The Bertz CT molecular complexity index is 468. The van der Waals surface area contributed by atoms with Gasteiger partial charge in [-0.2, -0.15) is 0 Å². The lowest BCUT2D eigenvalue weighted by atomic mass is 10.1. The van der Waals surface area contributed by atoms with E-state index in [0.29, 0.717) is 0 Å². The van der Waals surface area contributed by atoms with Gasteiger partial charge < -0.3 is 5.32 Å². The summed E-state index contributed by atoms with van der Waals surface area (Å²) in [6, 6.07) is 1.92. The molecule has 0 amide bonds. The van der Waals surface area contributed by atoms with Crippen LogP contribution in [-0.2, 0) is 0 Å². The lowest BCUT2D eigenvalue weighted by Crippen LogP contribution is -2.26. The Morgan fingerprint density at radius 2 is 2.00 bits per heavy atom. The molecule has 15 heavy (non-hydrogen) atoms. The van der Waals surface area contributed by atoms with E-state index >= 15 is 0 Å². The average molecular weight is 202 g/mol. The van der Waals surface area contributed by atoms with Crippen molar-refractivity contribution in [2.24, 2.45) is 0 Å². The van der Waals surface area contributed by atoms with E-state index in [-0.39, 0.29) is 5.54 Å². The number of pyridine rings is 1. The molecule has 0 aliphatic heterocycles. The number of nitrogens with one attached hydrogen (secondary N) is 1. The standard InChI is InChI=1S/C11H14N4/c1-11(2,3)15-10-8-4-5-12-6-9(8)13-7-14-10/h4-7H,1-3H3,(H,13,14,15). The molecule has 0 saturated heterocycles. The van der Waals surface area contributed by atoms with Crippen LogP contribution in [0.5, 0.6) is 0 Å². The van der Waals surface area contributed by atoms with Gasteiger partial charge in [-0.25, -0.2) is 9.97 Å². The van der Waals surface area contributed by atoms with Gasteiger partial charge in [0.1, 0.15) is 12.1 Å². The van der Waals surface area contributed by atoms with Crippen molar-refractivity contribution in [2.45, 2.75) is 26.3 Å². The van der Waals surface area contributed by atoms with Crippen molar-refractivity contribution >= 4 is 16.7 Å². The second-order valence-corrected chi connectivity index (χ2v) is 4.49. The van der Waals surface area contributed by atoms with E-state index in [1.807, 2.05) is 6.07 Å². The SMILES string of the molecule is CC(C)(C)Nc1ncnc2cnccc12. The number of rotatable bonds is 1. The Kier molecular flexibility index (Phi) is 2.26. The summed E-state index contributed by atoms with van der Waals surface area (Å²) in [5, 5.41) is 4.35. The Balaban J connectivity index is 2.52. The summed E-state index contributed by atoms with van der Waals surface area (Å²) < 4.78 is 0. The fourth-order valence-corrected chi connectivity index (χ4v) is 1.36. The number of fused-ring (bicyclic) bond motifs is 1. The normalized spacial score (nSPS) is 11.7. The molecule has 0 aliphatic carbocycles. The maximum atomic E-state index is 4.24. The molecule has 2 heterocycles. The molecule has 0 fully saturated rings. The van der Waals surface area contributed by atoms with Crippen molar-refractivity contribution in [3.8, 4) is 0 Å². The van der Waals surface area contributed by atoms with E-state index in [1.54, 1.807) is 18.7 Å². The molecule has 0 unspecified atom stereocenters. The molecule has 4 heteroatoms. The van der Waals surface area contributed by atoms with Gasteiger partial charge in [-0.3, -0.25) is 4.98 Å². The molecule has 2 rings (SSSR count). The maximum Gasteiger partial charge on any atom is 0.137 e. The first-order chi connectivity index (χ1) is 7.06. The predicted octanol–water partition coefficient (Wildman–Crippen LogP) is 2.24. The van der Waals surface area contributed by atoms with E-state index in [0.717, 1.165) is 16.7 Å². The Hall–Kier alpha value is -1.71. The van der Waals surface area contributed by atoms with Gasteiger partial charge in [-0.1, -0.05) is 0 Å². The van der Waals surface area contributed by atoms with Crippen LogP contribution in [0, 0.1) is 0 Å². The van der Waals surface area contributed by atoms with Gasteiger partial charge in [-0.15, -0.1) is 0 Å². The van der Waals surface area contributed by atoms with Crippen LogP contribution in [0.25, 0.3) is 10.9 Å². The van der Waals surface area contributed by atoms with Crippen molar-refractivity contribution < 1.29 is 0 Å². The fourth-order valence-electron chi connectivity index (χ4n) is 1.36. The van der Waals surface area contributed by atoms with Gasteiger partial charge >= 0.3 is 0 Å². The van der Waals surface area contributed by atoms with Crippen molar-refractivity contribution in [2.75, 3.05) is 5.32 Å². The Morgan fingerprint density at radius 3 is 2.73 bits per heavy atom. The third-order valence-electron chi connectivity index (χ3n) is 1.93. The van der Waals surface area contributed by atoms with Gasteiger partial charge in [0, 0.05) is 17.1 Å². The Morgan fingerprint density at radius 1 is 1.20 bits per heavy atom. The van der Waals surface area contributed by atoms with Crippen LogP contribution in [-0.4, -0.2) is 20.5 Å². The van der Waals surface area contributed by atoms with Crippen molar-refractivity contribution in [3.05, 3.63) is 24.8 Å². The summed E-state index contributed by atoms with van der Waals surface area (Å²) in [7, 11) is 0. The lowest BCUT2D eigenvalue weighted by molar-refractivity contribution is 0.631. The highest BCUT2D eigenvalue weighted by Crippen LogP contribution is 2.20. The first kappa shape index (κ1) is 9.83. The molecule has 0 atom stereocenters. The third-order valence-corrected chi connectivity index (χ3v) is 1.93. The zero-order valence-electron chi connectivity index (χ0n) is 9.15. The molecule has 2 aromatic rings. The van der Waals surface area contributed by atoms with Gasteiger partial charge in [0.2, 0.25) is 0 Å². The summed E-state index contributed by atoms with van der Waals surface area (Å²) in [6.45, 7) is 6.30. The molecule has 4 nitrogen and oxygen atoms in total. The quantitative estimate of drug-likeness (QED) is 0.770. The highest BCUT2D eigenvalue weighted by Gasteiger charge is 2.12. The highest BCUT2D eigenvalue weighted by atomic mass is 15.1. The summed E-state index contributed by atoms with van der Waals surface area (Å²) in [6.07, 6.45) is 5.04. The molecular formula is C11H14N4. The number of anilines is 1. The molecule has 1 N–H and O–H groups in total. The van der Waals surface area contributed by atoms with Gasteiger partial charge in [0.15, 0.2) is 0 Å². The molecule has 0 radical (unpaired) electrons. The largest absolute Gasteiger partial charge is 0.365 e. The molecule has 2 aromatic heterocycles. The van der Waals surface area contributed by atoms with Crippen LogP contribution in [0.15, 0.2) is 24.8 Å². The summed E-state index contributed by atoms with van der Waals surface area (Å²) in [4.78, 5) is 12.4. The van der Waals surface area contributed by atoms with Crippen LogP contribution in [0.4, 0.5) is 5.82 Å². The van der Waals surface area contributed by atoms with E-state index < -0.39 is 0 Å². The minimum Gasteiger partial charge on any atom is -0.365 e. The minimum absolute atomic E-state index is 0.00937. The molecule has 0 saturated carbocycles. The molecular weight excluding hydrogens is 188 g/mol. The molecule has 0 aliphatic rings. The van der Waals surface area contributed by atoms with Gasteiger partial charge in [0.05, 0.1) is 11.7 Å². The first-order valence-corrected chi connectivity index (χ1v) is 4.89. The van der Waals surface area contributed by atoms with E-state index in [9.17, 15) is 0 Å². The first-order valence-electron chi connectivity index (χ1n) is 4.89. The summed E-state index contributed by atoms with van der Waals surface area (Å²) in [5.74, 6) is 0.856. The third kappa shape index (κ3) is 2.21. The number of nitrogens with zero attached hydrogens (tertiary/aromatic N) is 3. The monoisotopic (exact) mass is 202 g/mol. The molecule has 0 spiro atoms. The molecule has 0 aromatic carbocycles. The molecule has 78 valence electrons. The number of hydrogen-bond donors (Lipinski definition) is 1.